The maximum atomic E-state index is 13.5. The predicted octanol–water partition coefficient (Wildman–Crippen LogP) is 3.59. The summed E-state index contributed by atoms with van der Waals surface area (Å²) < 4.78 is 19.6. The zero-order valence-electron chi connectivity index (χ0n) is 18.4. The van der Waals surface area contributed by atoms with E-state index in [1.807, 2.05) is 24.3 Å². The van der Waals surface area contributed by atoms with E-state index in [-0.39, 0.29) is 30.1 Å². The minimum Gasteiger partial charge on any atom is -0.361 e. The molecule has 1 saturated heterocycles. The minimum absolute atomic E-state index is 0.0496. The zero-order chi connectivity index (χ0) is 22.7. The molecule has 0 bridgehead atoms. The van der Waals surface area contributed by atoms with Crippen LogP contribution in [0, 0.1) is 17.7 Å². The average Bonchev–Trinajstić information content (AvgIpc) is 3.54. The number of morpholine rings is 1. The molecule has 3 atom stereocenters. The second kappa shape index (κ2) is 9.25. The summed E-state index contributed by atoms with van der Waals surface area (Å²) in [5.74, 6) is -0.00572. The molecule has 0 aromatic heterocycles. The molecular formula is C26H29FN2O3. The van der Waals surface area contributed by atoms with Gasteiger partial charge in [-0.1, -0.05) is 49.4 Å². The van der Waals surface area contributed by atoms with Gasteiger partial charge in [0.1, 0.15) is 5.82 Å². The van der Waals surface area contributed by atoms with Crippen LogP contribution in [-0.2, 0) is 20.7 Å². The number of hydrogen-bond donors (Lipinski definition) is 1. The van der Waals surface area contributed by atoms with E-state index in [1.165, 1.54) is 12.1 Å². The Morgan fingerprint density at radius 2 is 1.97 bits per heavy atom. The molecule has 0 spiro atoms. The summed E-state index contributed by atoms with van der Waals surface area (Å²) in [5.41, 5.74) is 1.47. The summed E-state index contributed by atoms with van der Waals surface area (Å²) in [6, 6.07) is 14.0. The van der Waals surface area contributed by atoms with Crippen LogP contribution in [0.3, 0.4) is 0 Å². The van der Waals surface area contributed by atoms with Crippen LogP contribution in [0.5, 0.6) is 0 Å². The second-order valence-electron chi connectivity index (χ2n) is 8.76. The van der Waals surface area contributed by atoms with Crippen molar-refractivity contribution in [1.29, 1.82) is 0 Å². The molecule has 2 fully saturated rings. The lowest BCUT2D eigenvalue weighted by Gasteiger charge is -2.42. The number of amides is 2. The molecule has 2 amide bonds. The maximum Gasteiger partial charge on any atom is 0.254 e. The lowest BCUT2D eigenvalue weighted by Crippen LogP contribution is -2.62. The van der Waals surface area contributed by atoms with Crippen LogP contribution in [0.15, 0.2) is 61.2 Å². The highest BCUT2D eigenvalue weighted by molar-refractivity contribution is 5.88. The number of halogens is 1. The van der Waals surface area contributed by atoms with Crippen LogP contribution in [0.1, 0.15) is 18.9 Å². The number of hydrogen-bond acceptors (Lipinski definition) is 3. The third kappa shape index (κ3) is 4.60. The van der Waals surface area contributed by atoms with Crippen LogP contribution in [0.4, 0.5) is 4.39 Å². The Morgan fingerprint density at radius 1 is 1.25 bits per heavy atom. The van der Waals surface area contributed by atoms with E-state index in [0.29, 0.717) is 32.0 Å². The van der Waals surface area contributed by atoms with Crippen molar-refractivity contribution in [2.45, 2.75) is 25.4 Å². The molecular weight excluding hydrogens is 407 g/mol. The van der Waals surface area contributed by atoms with Gasteiger partial charge in [0.05, 0.1) is 13.2 Å². The zero-order valence-corrected chi connectivity index (χ0v) is 18.4. The van der Waals surface area contributed by atoms with Crippen molar-refractivity contribution in [1.82, 2.24) is 10.2 Å². The van der Waals surface area contributed by atoms with Gasteiger partial charge in [-0.15, -0.1) is 6.58 Å². The molecule has 0 radical (unpaired) electrons. The summed E-state index contributed by atoms with van der Waals surface area (Å²) in [5, 5.41) is 2.87. The molecule has 1 N–H and O–H groups in total. The van der Waals surface area contributed by atoms with Gasteiger partial charge in [0, 0.05) is 25.4 Å². The second-order valence-corrected chi connectivity index (χ2v) is 8.76. The minimum atomic E-state index is -1.20. The first-order valence-corrected chi connectivity index (χ1v) is 11.1. The molecule has 2 aliphatic rings. The summed E-state index contributed by atoms with van der Waals surface area (Å²) >= 11 is 0. The lowest BCUT2D eigenvalue weighted by atomic mass is 9.87. The fourth-order valence-corrected chi connectivity index (χ4v) is 4.42. The molecule has 1 aliphatic carbocycles. The van der Waals surface area contributed by atoms with Crippen LogP contribution >= 0.6 is 0 Å². The van der Waals surface area contributed by atoms with E-state index in [0.717, 1.165) is 23.1 Å². The SMILES string of the molecule is C=CCNC(=O)[C@]1(Cc2ccccc2-c2ccc(F)cc2)CN(C(=O)[C@@H]2C[C@H]2C)CCO1. The summed E-state index contributed by atoms with van der Waals surface area (Å²) in [7, 11) is 0. The molecule has 5 nitrogen and oxygen atoms in total. The van der Waals surface area contributed by atoms with E-state index in [2.05, 4.69) is 18.8 Å². The maximum absolute atomic E-state index is 13.5. The van der Waals surface area contributed by atoms with Gasteiger partial charge in [-0.05, 0) is 41.2 Å². The fourth-order valence-electron chi connectivity index (χ4n) is 4.42. The third-order valence-electron chi connectivity index (χ3n) is 6.39. The van der Waals surface area contributed by atoms with Gasteiger partial charge in [-0.3, -0.25) is 9.59 Å². The molecule has 0 unspecified atom stereocenters. The number of benzene rings is 2. The highest BCUT2D eigenvalue weighted by Crippen LogP contribution is 2.40. The van der Waals surface area contributed by atoms with E-state index in [1.54, 1.807) is 23.1 Å². The predicted molar refractivity (Wildman–Crippen MR) is 121 cm³/mol. The number of carbonyl (C=O) groups is 2. The highest BCUT2D eigenvalue weighted by Gasteiger charge is 2.49. The number of ether oxygens (including phenoxy) is 1. The monoisotopic (exact) mass is 436 g/mol. The number of rotatable bonds is 7. The van der Waals surface area contributed by atoms with Gasteiger partial charge >= 0.3 is 0 Å². The smallest absolute Gasteiger partial charge is 0.254 e. The molecule has 2 aromatic rings. The fraction of sp³-hybridized carbons (Fsp3) is 0.385. The lowest BCUT2D eigenvalue weighted by molar-refractivity contribution is -0.166. The van der Waals surface area contributed by atoms with Crippen LogP contribution in [0.2, 0.25) is 0 Å². The van der Waals surface area contributed by atoms with E-state index >= 15 is 0 Å². The molecule has 4 rings (SSSR count). The summed E-state index contributed by atoms with van der Waals surface area (Å²) in [4.78, 5) is 28.1. The first kappa shape index (κ1) is 22.2. The Labute approximate surface area is 188 Å². The highest BCUT2D eigenvalue weighted by atomic mass is 19.1. The van der Waals surface area contributed by atoms with Crippen LogP contribution in [0.25, 0.3) is 11.1 Å². The van der Waals surface area contributed by atoms with Crippen molar-refractivity contribution in [2.24, 2.45) is 11.8 Å². The van der Waals surface area contributed by atoms with Gasteiger partial charge in [0.15, 0.2) is 5.60 Å². The molecule has 6 heteroatoms. The first-order chi connectivity index (χ1) is 15.4. The summed E-state index contributed by atoms with van der Waals surface area (Å²) in [6.07, 6.45) is 2.82. The molecule has 168 valence electrons. The number of carbonyl (C=O) groups excluding carboxylic acids is 2. The van der Waals surface area contributed by atoms with E-state index in [4.69, 9.17) is 4.74 Å². The van der Waals surface area contributed by atoms with Crippen molar-refractivity contribution in [2.75, 3.05) is 26.2 Å². The normalized spacial score (nSPS) is 24.6. The van der Waals surface area contributed by atoms with Gasteiger partial charge in [-0.25, -0.2) is 4.39 Å². The van der Waals surface area contributed by atoms with Crippen molar-refractivity contribution < 1.29 is 18.7 Å². The van der Waals surface area contributed by atoms with Gasteiger partial charge in [-0.2, -0.15) is 0 Å². The molecule has 2 aromatic carbocycles. The summed E-state index contributed by atoms with van der Waals surface area (Å²) in [6.45, 7) is 7.06. The van der Waals surface area contributed by atoms with E-state index in [9.17, 15) is 14.0 Å². The Balaban J connectivity index is 1.66. The van der Waals surface area contributed by atoms with Crippen molar-refractivity contribution >= 4 is 11.8 Å². The third-order valence-corrected chi connectivity index (χ3v) is 6.39. The Bertz CT molecular complexity index is 1010. The largest absolute Gasteiger partial charge is 0.361 e. The number of nitrogens with one attached hydrogen (secondary N) is 1. The Kier molecular flexibility index (Phi) is 6.42. The Morgan fingerprint density at radius 3 is 2.66 bits per heavy atom. The molecule has 1 heterocycles. The Hall–Kier alpha value is -2.99. The average molecular weight is 437 g/mol. The standard InChI is InChI=1S/C26H29FN2O3/c1-3-12-28-25(31)26(17-29(13-14-32-26)24(30)23-15-18(23)2)16-20-6-4-5-7-22(20)19-8-10-21(27)11-9-19/h3-11,18,23H,1,12-17H2,2H3,(H,28,31)/t18-,23-,26+/m1/s1. The molecule has 1 aliphatic heterocycles. The first-order valence-electron chi connectivity index (χ1n) is 11.1. The molecule has 1 saturated carbocycles. The van der Waals surface area contributed by atoms with Gasteiger partial charge < -0.3 is 15.0 Å². The van der Waals surface area contributed by atoms with Crippen molar-refractivity contribution in [3.8, 4) is 11.1 Å². The quantitative estimate of drug-likeness (QED) is 0.675. The van der Waals surface area contributed by atoms with Gasteiger partial charge in [0.25, 0.3) is 5.91 Å². The van der Waals surface area contributed by atoms with Gasteiger partial charge in [0.2, 0.25) is 5.91 Å². The van der Waals surface area contributed by atoms with Crippen LogP contribution in [-0.4, -0.2) is 48.6 Å². The van der Waals surface area contributed by atoms with Crippen LogP contribution < -0.4 is 5.32 Å². The number of nitrogens with zero attached hydrogens (tertiary/aromatic N) is 1. The van der Waals surface area contributed by atoms with Crippen molar-refractivity contribution in [3.63, 3.8) is 0 Å². The topological polar surface area (TPSA) is 58.6 Å². The van der Waals surface area contributed by atoms with Crippen molar-refractivity contribution in [3.05, 3.63) is 72.6 Å². The van der Waals surface area contributed by atoms with E-state index < -0.39 is 5.60 Å². The molecule has 32 heavy (non-hydrogen) atoms.